The van der Waals surface area contributed by atoms with Crippen molar-refractivity contribution in [3.63, 3.8) is 0 Å². The van der Waals surface area contributed by atoms with Crippen LogP contribution in [0.4, 0.5) is 0 Å². The lowest BCUT2D eigenvalue weighted by atomic mass is 10.1. The molecule has 0 bridgehead atoms. The second-order valence-corrected chi connectivity index (χ2v) is 4.35. The molecular weight excluding hydrogens is 224 g/mol. The van der Waals surface area contributed by atoms with Crippen LogP contribution in [0, 0.1) is 6.92 Å². The molecule has 1 heterocycles. The summed E-state index contributed by atoms with van der Waals surface area (Å²) in [5.74, 6) is 0.982. The van der Waals surface area contributed by atoms with Gasteiger partial charge in [0.15, 0.2) is 5.76 Å². The molecule has 3 rings (SSSR count). The summed E-state index contributed by atoms with van der Waals surface area (Å²) in [5, 5.41) is 0. The predicted octanol–water partition coefficient (Wildman–Crippen LogP) is 3.61. The number of benzene rings is 2. The number of carbonyl (C=O) groups is 1. The molecule has 2 aromatic carbocycles. The highest BCUT2D eigenvalue weighted by molar-refractivity contribution is 6.14. The summed E-state index contributed by atoms with van der Waals surface area (Å²) in [4.78, 5) is 12.1. The monoisotopic (exact) mass is 236 g/mol. The fourth-order valence-corrected chi connectivity index (χ4v) is 2.05. The van der Waals surface area contributed by atoms with Gasteiger partial charge >= 0.3 is 0 Å². The summed E-state index contributed by atoms with van der Waals surface area (Å²) in [6.07, 6.45) is 1.79. The maximum absolute atomic E-state index is 12.1. The SMILES string of the molecule is Cc1cccc(C=C2Oc3ccccc3C2=O)c1. The first kappa shape index (κ1) is 10.8. The van der Waals surface area contributed by atoms with E-state index in [1.54, 1.807) is 12.1 Å². The van der Waals surface area contributed by atoms with Gasteiger partial charge in [0.05, 0.1) is 5.56 Å². The number of ketones is 1. The number of fused-ring (bicyclic) bond motifs is 1. The van der Waals surface area contributed by atoms with Gasteiger partial charge in [0.25, 0.3) is 0 Å². The standard InChI is InChI=1S/C16H12O2/c1-11-5-4-6-12(9-11)10-15-16(17)13-7-2-3-8-14(13)18-15/h2-10H,1H3. The fraction of sp³-hybridized carbons (Fsp3) is 0.0625. The van der Waals surface area contributed by atoms with E-state index in [-0.39, 0.29) is 5.78 Å². The minimum Gasteiger partial charge on any atom is -0.452 e. The van der Waals surface area contributed by atoms with Crippen molar-refractivity contribution in [3.05, 3.63) is 71.0 Å². The number of allylic oxidation sites excluding steroid dienone is 1. The van der Waals surface area contributed by atoms with E-state index in [0.717, 1.165) is 11.1 Å². The third-order valence-electron chi connectivity index (χ3n) is 2.92. The molecule has 0 unspecified atom stereocenters. The molecule has 1 aliphatic rings. The van der Waals surface area contributed by atoms with Crippen molar-refractivity contribution >= 4 is 11.9 Å². The molecule has 0 saturated heterocycles. The second-order valence-electron chi connectivity index (χ2n) is 4.35. The van der Waals surface area contributed by atoms with Crippen molar-refractivity contribution in [2.75, 3.05) is 0 Å². The van der Waals surface area contributed by atoms with E-state index in [9.17, 15) is 4.79 Å². The van der Waals surface area contributed by atoms with E-state index in [1.165, 1.54) is 0 Å². The van der Waals surface area contributed by atoms with E-state index in [0.29, 0.717) is 17.1 Å². The zero-order chi connectivity index (χ0) is 12.5. The molecule has 0 aliphatic carbocycles. The van der Waals surface area contributed by atoms with Gasteiger partial charge in [0, 0.05) is 0 Å². The zero-order valence-electron chi connectivity index (χ0n) is 10.0. The van der Waals surface area contributed by atoms with Crippen LogP contribution in [0.3, 0.4) is 0 Å². The Morgan fingerprint density at radius 1 is 1.06 bits per heavy atom. The Hall–Kier alpha value is -2.35. The molecule has 0 atom stereocenters. The highest BCUT2D eigenvalue weighted by atomic mass is 16.5. The maximum Gasteiger partial charge on any atom is 0.231 e. The minimum absolute atomic E-state index is 0.0490. The van der Waals surface area contributed by atoms with Gasteiger partial charge in [0.1, 0.15) is 5.75 Å². The number of para-hydroxylation sites is 1. The largest absolute Gasteiger partial charge is 0.452 e. The van der Waals surface area contributed by atoms with Gasteiger partial charge in [-0.05, 0) is 30.7 Å². The molecule has 2 aromatic rings. The average Bonchev–Trinajstić information content (AvgIpc) is 2.67. The summed E-state index contributed by atoms with van der Waals surface area (Å²) in [6, 6.07) is 15.3. The molecule has 0 amide bonds. The van der Waals surface area contributed by atoms with Gasteiger partial charge < -0.3 is 4.74 Å². The first-order chi connectivity index (χ1) is 8.74. The van der Waals surface area contributed by atoms with Crippen LogP contribution in [0.5, 0.6) is 5.75 Å². The number of ether oxygens (including phenoxy) is 1. The van der Waals surface area contributed by atoms with Gasteiger partial charge in [-0.3, -0.25) is 4.79 Å². The number of carbonyl (C=O) groups excluding carboxylic acids is 1. The molecule has 1 aliphatic heterocycles. The van der Waals surface area contributed by atoms with Gasteiger partial charge in [-0.2, -0.15) is 0 Å². The van der Waals surface area contributed by atoms with Gasteiger partial charge in [-0.1, -0.05) is 42.0 Å². The Bertz CT molecular complexity index is 654. The van der Waals surface area contributed by atoms with Crippen LogP contribution < -0.4 is 4.74 Å². The molecular formula is C16H12O2. The number of Topliss-reactive ketones (excluding diaryl/α,β-unsaturated/α-hetero) is 1. The average molecular weight is 236 g/mol. The van der Waals surface area contributed by atoms with Crippen LogP contribution in [0.1, 0.15) is 21.5 Å². The Morgan fingerprint density at radius 3 is 2.67 bits per heavy atom. The highest BCUT2D eigenvalue weighted by Crippen LogP contribution is 2.31. The topological polar surface area (TPSA) is 26.3 Å². The number of rotatable bonds is 1. The van der Waals surface area contributed by atoms with Crippen LogP contribution in [-0.2, 0) is 0 Å². The quantitative estimate of drug-likeness (QED) is 0.707. The van der Waals surface area contributed by atoms with E-state index in [4.69, 9.17) is 4.74 Å². The Kier molecular flexibility index (Phi) is 2.49. The Morgan fingerprint density at radius 2 is 1.89 bits per heavy atom. The number of aryl methyl sites for hydroxylation is 1. The number of hydrogen-bond donors (Lipinski definition) is 0. The minimum atomic E-state index is -0.0490. The molecule has 0 aromatic heterocycles. The van der Waals surface area contributed by atoms with Crippen molar-refractivity contribution in [2.24, 2.45) is 0 Å². The second kappa shape index (κ2) is 4.15. The molecule has 0 saturated carbocycles. The molecule has 2 heteroatoms. The molecule has 0 radical (unpaired) electrons. The molecule has 0 N–H and O–H groups in total. The van der Waals surface area contributed by atoms with Crippen LogP contribution in [0.2, 0.25) is 0 Å². The predicted molar refractivity (Wildman–Crippen MR) is 70.6 cm³/mol. The van der Waals surface area contributed by atoms with E-state index in [1.807, 2.05) is 49.4 Å². The Balaban J connectivity index is 1.99. The highest BCUT2D eigenvalue weighted by Gasteiger charge is 2.26. The molecule has 0 fully saturated rings. The lowest BCUT2D eigenvalue weighted by Crippen LogP contribution is -1.97. The Labute approximate surface area is 106 Å². The third-order valence-corrected chi connectivity index (χ3v) is 2.92. The molecule has 2 nitrogen and oxygen atoms in total. The molecule has 18 heavy (non-hydrogen) atoms. The normalized spacial score (nSPS) is 15.6. The van der Waals surface area contributed by atoms with E-state index >= 15 is 0 Å². The van der Waals surface area contributed by atoms with Crippen LogP contribution in [0.15, 0.2) is 54.3 Å². The fourth-order valence-electron chi connectivity index (χ4n) is 2.05. The van der Waals surface area contributed by atoms with Crippen LogP contribution in [-0.4, -0.2) is 5.78 Å². The van der Waals surface area contributed by atoms with Crippen molar-refractivity contribution in [1.82, 2.24) is 0 Å². The van der Waals surface area contributed by atoms with Crippen molar-refractivity contribution < 1.29 is 9.53 Å². The van der Waals surface area contributed by atoms with E-state index < -0.39 is 0 Å². The lowest BCUT2D eigenvalue weighted by Gasteiger charge is -1.99. The summed E-state index contributed by atoms with van der Waals surface area (Å²) in [6.45, 7) is 2.02. The molecule has 0 spiro atoms. The van der Waals surface area contributed by atoms with Crippen molar-refractivity contribution in [2.45, 2.75) is 6.92 Å². The smallest absolute Gasteiger partial charge is 0.231 e. The summed E-state index contributed by atoms with van der Waals surface area (Å²) < 4.78 is 5.57. The first-order valence-electron chi connectivity index (χ1n) is 5.84. The van der Waals surface area contributed by atoms with E-state index in [2.05, 4.69) is 0 Å². The van der Waals surface area contributed by atoms with Crippen LogP contribution in [0.25, 0.3) is 6.08 Å². The third kappa shape index (κ3) is 1.82. The van der Waals surface area contributed by atoms with Gasteiger partial charge in [-0.15, -0.1) is 0 Å². The lowest BCUT2D eigenvalue weighted by molar-refractivity contribution is 0.101. The summed E-state index contributed by atoms with van der Waals surface area (Å²) >= 11 is 0. The number of hydrogen-bond acceptors (Lipinski definition) is 2. The summed E-state index contributed by atoms with van der Waals surface area (Å²) in [5.41, 5.74) is 2.77. The van der Waals surface area contributed by atoms with Gasteiger partial charge in [-0.25, -0.2) is 0 Å². The molecule has 88 valence electrons. The van der Waals surface area contributed by atoms with Crippen molar-refractivity contribution in [3.8, 4) is 5.75 Å². The first-order valence-corrected chi connectivity index (χ1v) is 5.84. The van der Waals surface area contributed by atoms with Crippen molar-refractivity contribution in [1.29, 1.82) is 0 Å². The zero-order valence-corrected chi connectivity index (χ0v) is 10.0. The van der Waals surface area contributed by atoms with Crippen LogP contribution >= 0.6 is 0 Å². The van der Waals surface area contributed by atoms with Gasteiger partial charge in [0.2, 0.25) is 5.78 Å². The summed E-state index contributed by atoms with van der Waals surface area (Å²) in [7, 11) is 0. The maximum atomic E-state index is 12.1.